The molecular weight excluding hydrogens is 248 g/mol. The molecule has 2 amide bonds. The van der Waals surface area contributed by atoms with Crippen LogP contribution in [0.15, 0.2) is 24.3 Å². The number of benzene rings is 1. The Hall–Kier alpha value is -2.37. The zero-order valence-corrected chi connectivity index (χ0v) is 10.3. The number of hydrogen-bond acceptors (Lipinski definition) is 4. The second-order valence-corrected chi connectivity index (χ2v) is 4.39. The molecule has 2 rings (SSSR count). The summed E-state index contributed by atoms with van der Waals surface area (Å²) < 4.78 is 0. The normalized spacial score (nSPS) is 15.3. The van der Waals surface area contributed by atoms with Crippen molar-refractivity contribution in [2.45, 2.75) is 12.8 Å². The van der Waals surface area contributed by atoms with Crippen LogP contribution < -0.4 is 10.2 Å². The quantitative estimate of drug-likeness (QED) is 0.755. The number of carboxylic acids is 1. The lowest BCUT2D eigenvalue weighted by atomic mass is 10.1. The van der Waals surface area contributed by atoms with Crippen LogP contribution in [0.4, 0.5) is 5.69 Å². The highest BCUT2D eigenvalue weighted by molar-refractivity contribution is 6.02. The van der Waals surface area contributed by atoms with Gasteiger partial charge in [0.15, 0.2) is 0 Å². The van der Waals surface area contributed by atoms with Crippen LogP contribution in [-0.2, 0) is 20.8 Å². The third kappa shape index (κ3) is 3.54. The molecule has 0 spiro atoms. The van der Waals surface area contributed by atoms with Gasteiger partial charge >= 0.3 is 5.97 Å². The molecule has 6 nitrogen and oxygen atoms in total. The number of carbonyl (C=O) groups is 3. The van der Waals surface area contributed by atoms with Gasteiger partial charge in [0, 0.05) is 12.1 Å². The zero-order chi connectivity index (χ0) is 13.8. The van der Waals surface area contributed by atoms with Crippen LogP contribution in [0.3, 0.4) is 0 Å². The Bertz CT molecular complexity index is 494. The molecule has 1 heterocycles. The molecule has 1 aliphatic heterocycles. The second kappa shape index (κ2) is 5.51. The summed E-state index contributed by atoms with van der Waals surface area (Å²) in [5.41, 5.74) is 1.70. The first-order valence-corrected chi connectivity index (χ1v) is 5.93. The highest BCUT2D eigenvalue weighted by Crippen LogP contribution is 2.17. The summed E-state index contributed by atoms with van der Waals surface area (Å²) in [5.74, 6) is -1.46. The minimum atomic E-state index is -0.831. The SMILES string of the molecule is O=C(O)CCc1ccc(N2CC(=O)NC(=O)C2)cc1. The molecule has 1 fully saturated rings. The van der Waals surface area contributed by atoms with Crippen molar-refractivity contribution in [3.63, 3.8) is 0 Å². The van der Waals surface area contributed by atoms with Crippen molar-refractivity contribution in [1.82, 2.24) is 5.32 Å². The van der Waals surface area contributed by atoms with Gasteiger partial charge in [-0.2, -0.15) is 0 Å². The first kappa shape index (κ1) is 13.1. The van der Waals surface area contributed by atoms with Gasteiger partial charge in [-0.1, -0.05) is 12.1 Å². The maximum Gasteiger partial charge on any atom is 0.303 e. The fourth-order valence-electron chi connectivity index (χ4n) is 1.94. The van der Waals surface area contributed by atoms with E-state index in [0.717, 1.165) is 11.3 Å². The van der Waals surface area contributed by atoms with E-state index < -0.39 is 5.97 Å². The number of amides is 2. The van der Waals surface area contributed by atoms with E-state index in [1.807, 2.05) is 12.1 Å². The summed E-state index contributed by atoms with van der Waals surface area (Å²) in [6, 6.07) is 7.22. The number of hydrogen-bond donors (Lipinski definition) is 2. The Labute approximate surface area is 110 Å². The molecule has 0 radical (unpaired) electrons. The Morgan fingerprint density at radius 2 is 1.74 bits per heavy atom. The highest BCUT2D eigenvalue weighted by Gasteiger charge is 2.22. The van der Waals surface area contributed by atoms with Crippen molar-refractivity contribution >= 4 is 23.5 Å². The van der Waals surface area contributed by atoms with Crippen LogP contribution in [0.1, 0.15) is 12.0 Å². The van der Waals surface area contributed by atoms with Crippen LogP contribution >= 0.6 is 0 Å². The van der Waals surface area contributed by atoms with Crippen molar-refractivity contribution in [2.24, 2.45) is 0 Å². The smallest absolute Gasteiger partial charge is 0.303 e. The summed E-state index contributed by atoms with van der Waals surface area (Å²) in [5, 5.41) is 10.8. The fraction of sp³-hybridized carbons (Fsp3) is 0.308. The maximum absolute atomic E-state index is 11.3. The van der Waals surface area contributed by atoms with Crippen molar-refractivity contribution in [3.05, 3.63) is 29.8 Å². The molecular formula is C13H14N2O4. The number of carbonyl (C=O) groups excluding carboxylic acids is 2. The number of rotatable bonds is 4. The molecule has 0 aromatic heterocycles. The molecule has 0 saturated carbocycles. The van der Waals surface area contributed by atoms with Crippen molar-refractivity contribution in [3.8, 4) is 0 Å². The zero-order valence-electron chi connectivity index (χ0n) is 10.3. The van der Waals surface area contributed by atoms with Crippen LogP contribution in [0.5, 0.6) is 0 Å². The monoisotopic (exact) mass is 262 g/mol. The Balaban J connectivity index is 2.03. The summed E-state index contributed by atoms with van der Waals surface area (Å²) in [6.07, 6.45) is 0.555. The number of nitrogens with one attached hydrogen (secondary N) is 1. The van der Waals surface area contributed by atoms with E-state index in [0.29, 0.717) is 6.42 Å². The van der Waals surface area contributed by atoms with Crippen LogP contribution in [0.2, 0.25) is 0 Å². The average Bonchev–Trinajstić information content (AvgIpc) is 2.36. The van der Waals surface area contributed by atoms with Gasteiger partial charge in [-0.05, 0) is 24.1 Å². The molecule has 1 aliphatic rings. The van der Waals surface area contributed by atoms with Gasteiger partial charge in [-0.3, -0.25) is 19.7 Å². The number of aliphatic carboxylic acids is 1. The van der Waals surface area contributed by atoms with Crippen LogP contribution in [-0.4, -0.2) is 36.0 Å². The number of piperazine rings is 1. The molecule has 1 aromatic rings. The summed E-state index contributed by atoms with van der Waals surface area (Å²) >= 11 is 0. The highest BCUT2D eigenvalue weighted by atomic mass is 16.4. The lowest BCUT2D eigenvalue weighted by molar-refractivity contribution is -0.137. The molecule has 100 valence electrons. The third-order valence-corrected chi connectivity index (χ3v) is 2.88. The van der Waals surface area contributed by atoms with Gasteiger partial charge < -0.3 is 10.0 Å². The number of imide groups is 1. The Morgan fingerprint density at radius 3 is 2.26 bits per heavy atom. The number of nitrogens with zero attached hydrogens (tertiary/aromatic N) is 1. The maximum atomic E-state index is 11.3. The van der Waals surface area contributed by atoms with E-state index in [-0.39, 0.29) is 31.3 Å². The summed E-state index contributed by atoms with van der Waals surface area (Å²) in [7, 11) is 0. The van der Waals surface area contributed by atoms with Crippen LogP contribution in [0, 0.1) is 0 Å². The molecule has 19 heavy (non-hydrogen) atoms. The first-order chi connectivity index (χ1) is 9.04. The topological polar surface area (TPSA) is 86.7 Å². The van der Waals surface area contributed by atoms with E-state index in [9.17, 15) is 14.4 Å². The van der Waals surface area contributed by atoms with Gasteiger partial charge in [0.05, 0.1) is 13.1 Å². The van der Waals surface area contributed by atoms with Crippen LogP contribution in [0.25, 0.3) is 0 Å². The van der Waals surface area contributed by atoms with Gasteiger partial charge in [-0.25, -0.2) is 0 Å². The molecule has 1 saturated heterocycles. The molecule has 6 heteroatoms. The minimum Gasteiger partial charge on any atom is -0.481 e. The van der Waals surface area contributed by atoms with Gasteiger partial charge in [-0.15, -0.1) is 0 Å². The molecule has 0 atom stereocenters. The molecule has 0 bridgehead atoms. The third-order valence-electron chi connectivity index (χ3n) is 2.88. The Morgan fingerprint density at radius 1 is 1.16 bits per heavy atom. The lowest BCUT2D eigenvalue weighted by Gasteiger charge is -2.27. The van der Waals surface area contributed by atoms with Gasteiger partial charge in [0.1, 0.15) is 0 Å². The Kier molecular flexibility index (Phi) is 3.79. The van der Waals surface area contributed by atoms with Gasteiger partial charge in [0.25, 0.3) is 0 Å². The van der Waals surface area contributed by atoms with E-state index in [4.69, 9.17) is 5.11 Å². The average molecular weight is 262 g/mol. The molecule has 1 aromatic carbocycles. The van der Waals surface area contributed by atoms with E-state index in [1.54, 1.807) is 17.0 Å². The predicted octanol–water partition coefficient (Wildman–Crippen LogP) is 0.167. The largest absolute Gasteiger partial charge is 0.481 e. The van der Waals surface area contributed by atoms with E-state index in [2.05, 4.69) is 5.32 Å². The number of carboxylic acid groups (broad SMARTS) is 1. The van der Waals surface area contributed by atoms with E-state index >= 15 is 0 Å². The van der Waals surface area contributed by atoms with Gasteiger partial charge in [0.2, 0.25) is 11.8 Å². The minimum absolute atomic E-state index is 0.0873. The summed E-state index contributed by atoms with van der Waals surface area (Å²) in [4.78, 5) is 34.7. The van der Waals surface area contributed by atoms with Crippen molar-refractivity contribution < 1.29 is 19.5 Å². The number of aryl methyl sites for hydroxylation is 1. The standard InChI is InChI=1S/C13H14N2O4/c16-11-7-15(8-12(17)14-11)10-4-1-9(2-5-10)3-6-13(18)19/h1-2,4-5H,3,6-8H2,(H,18,19)(H,14,16,17). The lowest BCUT2D eigenvalue weighted by Crippen LogP contribution is -2.51. The summed E-state index contributed by atoms with van der Waals surface area (Å²) in [6.45, 7) is 0.306. The van der Waals surface area contributed by atoms with Crippen molar-refractivity contribution in [2.75, 3.05) is 18.0 Å². The number of anilines is 1. The molecule has 0 unspecified atom stereocenters. The van der Waals surface area contributed by atoms with E-state index in [1.165, 1.54) is 0 Å². The first-order valence-electron chi connectivity index (χ1n) is 5.93. The molecule has 0 aliphatic carbocycles. The fourth-order valence-corrected chi connectivity index (χ4v) is 1.94. The second-order valence-electron chi connectivity index (χ2n) is 4.39. The van der Waals surface area contributed by atoms with Crippen molar-refractivity contribution in [1.29, 1.82) is 0 Å². The molecule has 2 N–H and O–H groups in total. The predicted molar refractivity (Wildman–Crippen MR) is 67.8 cm³/mol.